The van der Waals surface area contributed by atoms with Gasteiger partial charge in [-0.1, -0.05) is 22.0 Å². The number of rotatable bonds is 2. The zero-order chi connectivity index (χ0) is 9.10. The molecular formula is C10H11BrOS. The van der Waals surface area contributed by atoms with Crippen LogP contribution in [0.5, 0.6) is 0 Å². The van der Waals surface area contributed by atoms with Crippen LogP contribution < -0.4 is 0 Å². The number of ether oxygens (including phenoxy) is 1. The second kappa shape index (κ2) is 4.49. The Morgan fingerprint density at radius 1 is 1.46 bits per heavy atom. The molecule has 1 fully saturated rings. The van der Waals surface area contributed by atoms with Gasteiger partial charge in [0.2, 0.25) is 0 Å². The van der Waals surface area contributed by atoms with Crippen LogP contribution >= 0.6 is 27.7 Å². The summed E-state index contributed by atoms with van der Waals surface area (Å²) in [4.78, 5) is 1.32. The van der Waals surface area contributed by atoms with E-state index in [0.717, 1.165) is 17.7 Å². The van der Waals surface area contributed by atoms with Crippen LogP contribution in [0.3, 0.4) is 0 Å². The molecule has 0 spiro atoms. The minimum absolute atomic E-state index is 0.647. The Labute approximate surface area is 91.0 Å². The third kappa shape index (κ3) is 2.73. The lowest BCUT2D eigenvalue weighted by molar-refractivity contribution is 0.199. The summed E-state index contributed by atoms with van der Waals surface area (Å²) in [5.41, 5.74) is 0. The van der Waals surface area contributed by atoms with Crippen LogP contribution in [-0.4, -0.2) is 18.5 Å². The maximum absolute atomic E-state index is 5.33. The predicted molar refractivity (Wildman–Crippen MR) is 59.2 cm³/mol. The summed E-state index contributed by atoms with van der Waals surface area (Å²) in [5, 5.41) is 0.647. The van der Waals surface area contributed by atoms with Gasteiger partial charge in [0.25, 0.3) is 0 Å². The van der Waals surface area contributed by atoms with E-state index >= 15 is 0 Å². The number of hydrogen-bond donors (Lipinski definition) is 0. The molecule has 1 aromatic rings. The van der Waals surface area contributed by atoms with Gasteiger partial charge in [-0.05, 0) is 24.6 Å². The van der Waals surface area contributed by atoms with Crippen LogP contribution in [0.25, 0.3) is 0 Å². The van der Waals surface area contributed by atoms with Crippen LogP contribution in [0.15, 0.2) is 33.6 Å². The summed E-state index contributed by atoms with van der Waals surface area (Å²) in [6.07, 6.45) is 1.18. The van der Waals surface area contributed by atoms with Gasteiger partial charge >= 0.3 is 0 Å². The lowest BCUT2D eigenvalue weighted by atomic mass is 10.4. The van der Waals surface area contributed by atoms with Crippen molar-refractivity contribution >= 4 is 27.7 Å². The van der Waals surface area contributed by atoms with Gasteiger partial charge in [-0.3, -0.25) is 0 Å². The van der Waals surface area contributed by atoms with Gasteiger partial charge in [-0.25, -0.2) is 0 Å². The van der Waals surface area contributed by atoms with Gasteiger partial charge in [-0.2, -0.15) is 0 Å². The highest BCUT2D eigenvalue weighted by atomic mass is 79.9. The molecule has 1 saturated heterocycles. The predicted octanol–water partition coefficient (Wildman–Crippen LogP) is 3.33. The van der Waals surface area contributed by atoms with E-state index in [2.05, 4.69) is 40.2 Å². The molecule has 1 nitrogen and oxygen atoms in total. The Morgan fingerprint density at radius 3 is 3.08 bits per heavy atom. The topological polar surface area (TPSA) is 9.23 Å². The Morgan fingerprint density at radius 2 is 2.38 bits per heavy atom. The summed E-state index contributed by atoms with van der Waals surface area (Å²) < 4.78 is 6.48. The fraction of sp³-hybridized carbons (Fsp3) is 0.400. The standard InChI is InChI=1S/C10H11BrOS/c11-8-2-1-3-9(6-8)13-10-4-5-12-7-10/h1-3,6,10H,4-5,7H2. The molecule has 0 amide bonds. The SMILES string of the molecule is Brc1cccc(SC2CCOC2)c1. The molecule has 3 heteroatoms. The first-order valence-electron chi connectivity index (χ1n) is 4.34. The van der Waals surface area contributed by atoms with Crippen molar-refractivity contribution < 1.29 is 4.74 Å². The van der Waals surface area contributed by atoms with E-state index in [1.807, 2.05) is 11.8 Å². The molecule has 0 saturated carbocycles. The number of benzene rings is 1. The maximum atomic E-state index is 5.33. The molecule has 1 aliphatic rings. The van der Waals surface area contributed by atoms with E-state index in [4.69, 9.17) is 4.74 Å². The Kier molecular flexibility index (Phi) is 3.30. The molecule has 1 heterocycles. The first-order valence-corrected chi connectivity index (χ1v) is 6.02. The van der Waals surface area contributed by atoms with Crippen molar-refractivity contribution in [2.75, 3.05) is 13.2 Å². The molecule has 1 atom stereocenters. The quantitative estimate of drug-likeness (QED) is 0.805. The highest BCUT2D eigenvalue weighted by molar-refractivity contribution is 9.10. The first kappa shape index (κ1) is 9.56. The van der Waals surface area contributed by atoms with Crippen molar-refractivity contribution in [3.05, 3.63) is 28.7 Å². The maximum Gasteiger partial charge on any atom is 0.0589 e. The van der Waals surface area contributed by atoms with E-state index in [-0.39, 0.29) is 0 Å². The van der Waals surface area contributed by atoms with Crippen molar-refractivity contribution in [2.45, 2.75) is 16.6 Å². The Bertz CT molecular complexity index is 284. The van der Waals surface area contributed by atoms with E-state index < -0.39 is 0 Å². The fourth-order valence-corrected chi connectivity index (χ4v) is 3.00. The lowest BCUT2D eigenvalue weighted by Crippen LogP contribution is -1.99. The Hall–Kier alpha value is 0.01000. The van der Waals surface area contributed by atoms with Gasteiger partial charge in [0.15, 0.2) is 0 Å². The summed E-state index contributed by atoms with van der Waals surface area (Å²) in [6.45, 7) is 1.82. The third-order valence-corrected chi connectivity index (χ3v) is 3.71. The molecule has 2 rings (SSSR count). The Balaban J connectivity index is 2.00. The van der Waals surface area contributed by atoms with Crippen LogP contribution in [0.4, 0.5) is 0 Å². The van der Waals surface area contributed by atoms with Crippen LogP contribution in [0.1, 0.15) is 6.42 Å². The highest BCUT2D eigenvalue weighted by Crippen LogP contribution is 2.29. The monoisotopic (exact) mass is 258 g/mol. The molecule has 0 N–H and O–H groups in total. The average Bonchev–Trinajstić information content (AvgIpc) is 2.57. The van der Waals surface area contributed by atoms with Crippen molar-refractivity contribution in [1.29, 1.82) is 0 Å². The fourth-order valence-electron chi connectivity index (χ4n) is 1.34. The van der Waals surface area contributed by atoms with Crippen LogP contribution in [0.2, 0.25) is 0 Å². The molecule has 0 bridgehead atoms. The lowest BCUT2D eigenvalue weighted by Gasteiger charge is -2.06. The summed E-state index contributed by atoms with van der Waals surface area (Å²) in [6, 6.07) is 8.42. The van der Waals surface area contributed by atoms with Gasteiger partial charge in [-0.15, -0.1) is 11.8 Å². The zero-order valence-corrected chi connectivity index (χ0v) is 9.61. The van der Waals surface area contributed by atoms with Gasteiger partial charge in [0.1, 0.15) is 0 Å². The largest absolute Gasteiger partial charge is 0.380 e. The van der Waals surface area contributed by atoms with Crippen LogP contribution in [0, 0.1) is 0 Å². The van der Waals surface area contributed by atoms with Gasteiger partial charge < -0.3 is 4.74 Å². The second-order valence-electron chi connectivity index (χ2n) is 3.06. The van der Waals surface area contributed by atoms with E-state index in [0.29, 0.717) is 5.25 Å². The van der Waals surface area contributed by atoms with Crippen molar-refractivity contribution in [3.63, 3.8) is 0 Å². The average molecular weight is 259 g/mol. The molecule has 13 heavy (non-hydrogen) atoms. The minimum Gasteiger partial charge on any atom is -0.380 e. The molecular weight excluding hydrogens is 248 g/mol. The number of hydrogen-bond acceptors (Lipinski definition) is 2. The molecule has 0 aliphatic carbocycles. The smallest absolute Gasteiger partial charge is 0.0589 e. The number of halogens is 1. The molecule has 0 aromatic heterocycles. The van der Waals surface area contributed by atoms with Crippen LogP contribution in [-0.2, 0) is 4.74 Å². The summed E-state index contributed by atoms with van der Waals surface area (Å²) >= 11 is 5.38. The zero-order valence-electron chi connectivity index (χ0n) is 7.20. The second-order valence-corrected chi connectivity index (χ2v) is 5.35. The van der Waals surface area contributed by atoms with Crippen molar-refractivity contribution in [1.82, 2.24) is 0 Å². The van der Waals surface area contributed by atoms with E-state index in [1.165, 1.54) is 11.3 Å². The van der Waals surface area contributed by atoms with E-state index in [1.54, 1.807) is 0 Å². The first-order chi connectivity index (χ1) is 6.34. The molecule has 1 aliphatic heterocycles. The normalized spacial score (nSPS) is 22.1. The third-order valence-electron chi connectivity index (χ3n) is 1.99. The minimum atomic E-state index is 0.647. The molecule has 70 valence electrons. The van der Waals surface area contributed by atoms with E-state index in [9.17, 15) is 0 Å². The summed E-state index contributed by atoms with van der Waals surface area (Å²) in [5.74, 6) is 0. The van der Waals surface area contributed by atoms with Gasteiger partial charge in [0, 0.05) is 21.2 Å². The van der Waals surface area contributed by atoms with Crippen molar-refractivity contribution in [2.24, 2.45) is 0 Å². The molecule has 1 unspecified atom stereocenters. The molecule has 0 radical (unpaired) electrons. The van der Waals surface area contributed by atoms with Crippen molar-refractivity contribution in [3.8, 4) is 0 Å². The van der Waals surface area contributed by atoms with Gasteiger partial charge in [0.05, 0.1) is 6.61 Å². The number of thioether (sulfide) groups is 1. The molecule has 1 aromatic carbocycles. The highest BCUT2D eigenvalue weighted by Gasteiger charge is 2.16. The summed E-state index contributed by atoms with van der Waals surface area (Å²) in [7, 11) is 0.